The molecule has 0 spiro atoms. The minimum atomic E-state index is -3.57. The predicted molar refractivity (Wildman–Crippen MR) is 70.0 cm³/mol. The van der Waals surface area contributed by atoms with Crippen molar-refractivity contribution in [3.63, 3.8) is 0 Å². The lowest BCUT2D eigenvalue weighted by Gasteiger charge is -2.03. The standard InChI is InChI=1S/C11H10Cl2O3S/c1-7(14)11(17(2,15)16)5-8-3-4-9(12)6-10(8)13/h3-6H,1-2H3/b11-5-. The fourth-order valence-corrected chi connectivity index (χ4v) is 2.56. The van der Waals surface area contributed by atoms with Gasteiger partial charge < -0.3 is 0 Å². The van der Waals surface area contributed by atoms with Crippen molar-refractivity contribution in [1.29, 1.82) is 0 Å². The van der Waals surface area contributed by atoms with Crippen LogP contribution in [0.15, 0.2) is 23.1 Å². The van der Waals surface area contributed by atoms with Crippen molar-refractivity contribution in [3.05, 3.63) is 38.7 Å². The van der Waals surface area contributed by atoms with Crippen LogP contribution in [-0.4, -0.2) is 20.5 Å². The van der Waals surface area contributed by atoms with E-state index in [1.807, 2.05) is 0 Å². The van der Waals surface area contributed by atoms with E-state index >= 15 is 0 Å². The van der Waals surface area contributed by atoms with E-state index in [0.29, 0.717) is 15.6 Å². The van der Waals surface area contributed by atoms with Gasteiger partial charge in [-0.2, -0.15) is 0 Å². The summed E-state index contributed by atoms with van der Waals surface area (Å²) < 4.78 is 22.8. The monoisotopic (exact) mass is 292 g/mol. The summed E-state index contributed by atoms with van der Waals surface area (Å²) >= 11 is 11.6. The summed E-state index contributed by atoms with van der Waals surface area (Å²) in [6.45, 7) is 1.19. The van der Waals surface area contributed by atoms with Gasteiger partial charge in [-0.1, -0.05) is 29.3 Å². The molecule has 0 radical (unpaired) electrons. The van der Waals surface area contributed by atoms with Crippen molar-refractivity contribution < 1.29 is 13.2 Å². The summed E-state index contributed by atoms with van der Waals surface area (Å²) in [5.74, 6) is -0.529. The van der Waals surface area contributed by atoms with Crippen molar-refractivity contribution in [1.82, 2.24) is 0 Å². The van der Waals surface area contributed by atoms with E-state index < -0.39 is 15.6 Å². The van der Waals surface area contributed by atoms with Gasteiger partial charge in [0, 0.05) is 16.3 Å². The molecule has 0 atom stereocenters. The summed E-state index contributed by atoms with van der Waals surface area (Å²) in [4.78, 5) is 11.0. The SMILES string of the molecule is CC(=O)/C(=C/c1ccc(Cl)cc1Cl)S(C)(=O)=O. The molecule has 92 valence electrons. The van der Waals surface area contributed by atoms with Crippen LogP contribution in [0.1, 0.15) is 12.5 Å². The Morgan fingerprint density at radius 2 is 1.88 bits per heavy atom. The first-order valence-corrected chi connectivity index (χ1v) is 7.24. The second-order valence-electron chi connectivity index (χ2n) is 3.50. The number of rotatable bonds is 3. The first kappa shape index (κ1) is 14.2. The fourth-order valence-electron chi connectivity index (χ4n) is 1.23. The Balaban J connectivity index is 3.38. The third-order valence-corrected chi connectivity index (χ3v) is 3.76. The normalized spacial score (nSPS) is 12.6. The van der Waals surface area contributed by atoms with Gasteiger partial charge in [-0.3, -0.25) is 4.79 Å². The molecule has 0 aliphatic carbocycles. The second-order valence-corrected chi connectivity index (χ2v) is 6.33. The molecule has 0 bridgehead atoms. The number of allylic oxidation sites excluding steroid dienone is 1. The first-order chi connectivity index (χ1) is 7.71. The summed E-state index contributed by atoms with van der Waals surface area (Å²) in [5, 5.41) is 0.732. The van der Waals surface area contributed by atoms with Crippen LogP contribution in [-0.2, 0) is 14.6 Å². The molecule has 0 heterocycles. The number of benzene rings is 1. The zero-order valence-corrected chi connectivity index (χ0v) is 11.5. The number of hydrogen-bond acceptors (Lipinski definition) is 3. The maximum Gasteiger partial charge on any atom is 0.179 e. The van der Waals surface area contributed by atoms with E-state index in [2.05, 4.69) is 0 Å². The Morgan fingerprint density at radius 3 is 2.29 bits per heavy atom. The van der Waals surface area contributed by atoms with Crippen molar-refractivity contribution >= 4 is 44.9 Å². The van der Waals surface area contributed by atoms with E-state index in [-0.39, 0.29) is 4.91 Å². The smallest absolute Gasteiger partial charge is 0.179 e. The molecule has 0 amide bonds. The van der Waals surface area contributed by atoms with Crippen molar-refractivity contribution in [2.45, 2.75) is 6.92 Å². The zero-order chi connectivity index (χ0) is 13.2. The van der Waals surface area contributed by atoms with Crippen LogP contribution in [0.2, 0.25) is 10.0 Å². The van der Waals surface area contributed by atoms with Crippen LogP contribution in [0, 0.1) is 0 Å². The van der Waals surface area contributed by atoms with E-state index in [1.54, 1.807) is 12.1 Å². The van der Waals surface area contributed by atoms with Gasteiger partial charge in [-0.05, 0) is 30.7 Å². The van der Waals surface area contributed by atoms with Gasteiger partial charge in [0.2, 0.25) is 0 Å². The molecule has 0 fully saturated rings. The van der Waals surface area contributed by atoms with E-state index in [1.165, 1.54) is 19.1 Å². The molecule has 0 aromatic heterocycles. The van der Waals surface area contributed by atoms with Crippen LogP contribution in [0.3, 0.4) is 0 Å². The van der Waals surface area contributed by atoms with Crippen LogP contribution in [0.5, 0.6) is 0 Å². The van der Waals surface area contributed by atoms with Crippen LogP contribution in [0.4, 0.5) is 0 Å². The predicted octanol–water partition coefficient (Wildman–Crippen LogP) is 2.97. The highest BCUT2D eigenvalue weighted by Gasteiger charge is 2.16. The van der Waals surface area contributed by atoms with E-state index in [9.17, 15) is 13.2 Å². The number of carbonyl (C=O) groups is 1. The molecule has 0 N–H and O–H groups in total. The van der Waals surface area contributed by atoms with Crippen molar-refractivity contribution in [2.75, 3.05) is 6.26 Å². The van der Waals surface area contributed by atoms with Gasteiger partial charge in [0.15, 0.2) is 15.6 Å². The Hall–Kier alpha value is -0.840. The molecule has 6 heteroatoms. The lowest BCUT2D eigenvalue weighted by molar-refractivity contribution is -0.112. The highest BCUT2D eigenvalue weighted by atomic mass is 35.5. The molecule has 3 nitrogen and oxygen atoms in total. The van der Waals surface area contributed by atoms with Crippen molar-refractivity contribution in [3.8, 4) is 0 Å². The van der Waals surface area contributed by atoms with Crippen LogP contribution < -0.4 is 0 Å². The Morgan fingerprint density at radius 1 is 1.29 bits per heavy atom. The summed E-state index contributed by atoms with van der Waals surface area (Å²) in [5.41, 5.74) is 0.437. The van der Waals surface area contributed by atoms with Crippen LogP contribution >= 0.6 is 23.2 Å². The van der Waals surface area contributed by atoms with Gasteiger partial charge in [0.05, 0.1) is 0 Å². The molecule has 0 unspecified atom stereocenters. The zero-order valence-electron chi connectivity index (χ0n) is 9.20. The topological polar surface area (TPSA) is 51.2 Å². The third kappa shape index (κ3) is 3.84. The molecule has 0 saturated heterocycles. The molecular formula is C11H10Cl2O3S. The Bertz CT molecular complexity index is 589. The molecule has 0 saturated carbocycles. The lowest BCUT2D eigenvalue weighted by Crippen LogP contribution is -2.08. The number of hydrogen-bond donors (Lipinski definition) is 0. The number of carbonyl (C=O) groups excluding carboxylic acids is 1. The van der Waals surface area contributed by atoms with Gasteiger partial charge in [0.25, 0.3) is 0 Å². The molecule has 17 heavy (non-hydrogen) atoms. The van der Waals surface area contributed by atoms with Gasteiger partial charge in [-0.25, -0.2) is 8.42 Å². The average Bonchev–Trinajstić information content (AvgIpc) is 2.13. The van der Waals surface area contributed by atoms with E-state index in [4.69, 9.17) is 23.2 Å². The highest BCUT2D eigenvalue weighted by Crippen LogP contribution is 2.24. The van der Waals surface area contributed by atoms with Gasteiger partial charge >= 0.3 is 0 Å². The van der Waals surface area contributed by atoms with Gasteiger partial charge in [-0.15, -0.1) is 0 Å². The first-order valence-electron chi connectivity index (χ1n) is 4.59. The van der Waals surface area contributed by atoms with E-state index in [0.717, 1.165) is 6.26 Å². The fraction of sp³-hybridized carbons (Fsp3) is 0.182. The van der Waals surface area contributed by atoms with Gasteiger partial charge in [0.1, 0.15) is 4.91 Å². The molecule has 1 aromatic rings. The van der Waals surface area contributed by atoms with Crippen molar-refractivity contribution in [2.24, 2.45) is 0 Å². The molecule has 1 aromatic carbocycles. The Labute approximate surface area is 110 Å². The molecule has 1 rings (SSSR count). The minimum absolute atomic E-state index is 0.276. The summed E-state index contributed by atoms with van der Waals surface area (Å²) in [7, 11) is -3.57. The minimum Gasteiger partial charge on any atom is -0.294 e. The highest BCUT2D eigenvalue weighted by molar-refractivity contribution is 7.95. The number of halogens is 2. The largest absolute Gasteiger partial charge is 0.294 e. The summed E-state index contributed by atoms with van der Waals surface area (Å²) in [6, 6.07) is 4.60. The maximum absolute atomic E-state index is 11.4. The summed E-state index contributed by atoms with van der Waals surface area (Å²) in [6.07, 6.45) is 2.22. The van der Waals surface area contributed by atoms with Crippen LogP contribution in [0.25, 0.3) is 6.08 Å². The maximum atomic E-state index is 11.4. The molecular weight excluding hydrogens is 283 g/mol. The Kier molecular flexibility index (Phi) is 4.36. The quantitative estimate of drug-likeness (QED) is 0.805. The third-order valence-electron chi connectivity index (χ3n) is 2.00. The number of sulfone groups is 1. The average molecular weight is 293 g/mol. The molecule has 0 aliphatic rings. The molecule has 0 aliphatic heterocycles. The number of Topliss-reactive ketones (excluding diaryl/α,β-unsaturated/α-hetero) is 1. The second kappa shape index (κ2) is 5.21. The number of ketones is 1. The lowest BCUT2D eigenvalue weighted by atomic mass is 10.2.